The summed E-state index contributed by atoms with van der Waals surface area (Å²) in [4.78, 5) is 40.8. The fraction of sp³-hybridized carbons (Fsp3) is 0.389. The molecule has 1 atom stereocenters. The Morgan fingerprint density at radius 3 is 2.37 bits per heavy atom. The molecule has 0 unspecified atom stereocenters. The first-order chi connectivity index (χ1) is 13.2. The largest absolute Gasteiger partial charge is 0.394 e. The molecular weight excluding hydrogens is 348 g/mol. The highest BCUT2D eigenvalue weighted by Crippen LogP contribution is 2.10. The number of nitrogens with zero attached hydrogens (tertiary/aromatic N) is 5. The molecule has 9 heteroatoms. The molecular formula is C18H22N6O3. The lowest BCUT2D eigenvalue weighted by atomic mass is 10.1. The highest BCUT2D eigenvalue weighted by atomic mass is 16.3. The van der Waals surface area contributed by atoms with Crippen molar-refractivity contribution in [3.63, 3.8) is 0 Å². The standard InChI is InChI=1S/C18H22N6O3/c25-13-15(22-16(26)12-14-2-6-19-7-3-14)17(27)23-8-10-24(11-9-23)18-20-4-1-5-21-18/h1-7,15,25H,8-13H2,(H,22,26)/t15-/m0/s1. The van der Waals surface area contributed by atoms with Gasteiger partial charge in [-0.25, -0.2) is 9.97 Å². The number of aliphatic hydroxyl groups excluding tert-OH is 1. The fourth-order valence-corrected chi connectivity index (χ4v) is 2.92. The third-order valence-electron chi connectivity index (χ3n) is 4.36. The number of nitrogens with one attached hydrogen (secondary N) is 1. The fourth-order valence-electron chi connectivity index (χ4n) is 2.92. The number of anilines is 1. The van der Waals surface area contributed by atoms with Gasteiger partial charge in [-0.2, -0.15) is 0 Å². The summed E-state index contributed by atoms with van der Waals surface area (Å²) < 4.78 is 0. The van der Waals surface area contributed by atoms with Crippen molar-refractivity contribution in [3.05, 3.63) is 48.5 Å². The van der Waals surface area contributed by atoms with E-state index < -0.39 is 12.6 Å². The molecule has 142 valence electrons. The van der Waals surface area contributed by atoms with Crippen LogP contribution in [0.25, 0.3) is 0 Å². The van der Waals surface area contributed by atoms with Crippen LogP contribution in [0.2, 0.25) is 0 Å². The summed E-state index contributed by atoms with van der Waals surface area (Å²) in [5, 5.41) is 12.2. The number of aromatic nitrogens is 3. The number of carbonyl (C=O) groups is 2. The maximum Gasteiger partial charge on any atom is 0.247 e. The molecule has 2 amide bonds. The number of piperazine rings is 1. The SMILES string of the molecule is O=C(Cc1ccncc1)N[C@@H](CO)C(=O)N1CCN(c2ncccn2)CC1. The Hall–Kier alpha value is -3.07. The average molecular weight is 370 g/mol. The van der Waals surface area contributed by atoms with Gasteiger partial charge in [0.1, 0.15) is 6.04 Å². The molecule has 27 heavy (non-hydrogen) atoms. The second-order valence-electron chi connectivity index (χ2n) is 6.20. The van der Waals surface area contributed by atoms with E-state index in [0.29, 0.717) is 32.1 Å². The highest BCUT2D eigenvalue weighted by molar-refractivity contribution is 5.88. The summed E-state index contributed by atoms with van der Waals surface area (Å²) in [6.07, 6.45) is 6.70. The van der Waals surface area contributed by atoms with Gasteiger partial charge in [0.25, 0.3) is 0 Å². The van der Waals surface area contributed by atoms with E-state index in [1.165, 1.54) is 0 Å². The van der Waals surface area contributed by atoms with Crippen molar-refractivity contribution in [3.8, 4) is 0 Å². The lowest BCUT2D eigenvalue weighted by Gasteiger charge is -2.36. The third kappa shape index (κ3) is 4.98. The maximum atomic E-state index is 12.7. The molecule has 2 aromatic heterocycles. The van der Waals surface area contributed by atoms with Crippen LogP contribution in [0.4, 0.5) is 5.95 Å². The molecule has 1 aliphatic rings. The molecule has 2 N–H and O–H groups in total. The summed E-state index contributed by atoms with van der Waals surface area (Å²) in [5.41, 5.74) is 0.795. The van der Waals surface area contributed by atoms with Gasteiger partial charge in [0.2, 0.25) is 17.8 Å². The molecule has 0 saturated carbocycles. The molecule has 1 saturated heterocycles. The molecule has 3 heterocycles. The number of carbonyl (C=O) groups excluding carboxylic acids is 2. The van der Waals surface area contributed by atoms with Crippen LogP contribution in [0.3, 0.4) is 0 Å². The van der Waals surface area contributed by atoms with Crippen molar-refractivity contribution in [2.45, 2.75) is 12.5 Å². The van der Waals surface area contributed by atoms with Crippen molar-refractivity contribution >= 4 is 17.8 Å². The minimum atomic E-state index is -0.945. The highest BCUT2D eigenvalue weighted by Gasteiger charge is 2.28. The first-order valence-corrected chi connectivity index (χ1v) is 8.77. The van der Waals surface area contributed by atoms with Crippen LogP contribution in [-0.4, -0.2) is 75.6 Å². The van der Waals surface area contributed by atoms with Gasteiger partial charge in [0.05, 0.1) is 13.0 Å². The van der Waals surface area contributed by atoms with Gasteiger partial charge >= 0.3 is 0 Å². The molecule has 0 radical (unpaired) electrons. The van der Waals surface area contributed by atoms with E-state index in [1.807, 2.05) is 4.90 Å². The van der Waals surface area contributed by atoms with Crippen molar-refractivity contribution in [1.29, 1.82) is 0 Å². The van der Waals surface area contributed by atoms with Crippen LogP contribution >= 0.6 is 0 Å². The summed E-state index contributed by atoms with van der Waals surface area (Å²) in [7, 11) is 0. The number of hydrogen-bond donors (Lipinski definition) is 2. The van der Waals surface area contributed by atoms with E-state index >= 15 is 0 Å². The van der Waals surface area contributed by atoms with Crippen LogP contribution in [0.5, 0.6) is 0 Å². The van der Waals surface area contributed by atoms with Crippen molar-refractivity contribution in [2.75, 3.05) is 37.7 Å². The Morgan fingerprint density at radius 1 is 1.07 bits per heavy atom. The monoisotopic (exact) mass is 370 g/mol. The predicted molar refractivity (Wildman–Crippen MR) is 97.8 cm³/mol. The molecule has 0 aliphatic carbocycles. The van der Waals surface area contributed by atoms with Crippen molar-refractivity contribution in [2.24, 2.45) is 0 Å². The van der Waals surface area contributed by atoms with Gasteiger partial charge in [0, 0.05) is 51.0 Å². The molecule has 1 fully saturated rings. The van der Waals surface area contributed by atoms with Crippen LogP contribution in [-0.2, 0) is 16.0 Å². The second kappa shape index (κ2) is 9.04. The molecule has 3 rings (SSSR count). The normalized spacial score (nSPS) is 15.3. The maximum absolute atomic E-state index is 12.7. The lowest BCUT2D eigenvalue weighted by molar-refractivity contribution is -0.137. The Bertz CT molecular complexity index is 750. The van der Waals surface area contributed by atoms with Gasteiger partial charge in [-0.15, -0.1) is 0 Å². The Balaban J connectivity index is 1.52. The topological polar surface area (TPSA) is 112 Å². The van der Waals surface area contributed by atoms with E-state index in [-0.39, 0.29) is 18.2 Å². The molecule has 0 aromatic carbocycles. The smallest absolute Gasteiger partial charge is 0.247 e. The number of rotatable bonds is 6. The molecule has 0 spiro atoms. The lowest BCUT2D eigenvalue weighted by Crippen LogP contribution is -2.56. The molecule has 1 aliphatic heterocycles. The molecule has 9 nitrogen and oxygen atoms in total. The first-order valence-electron chi connectivity index (χ1n) is 8.77. The first kappa shape index (κ1) is 18.7. The van der Waals surface area contributed by atoms with Gasteiger partial charge in [-0.3, -0.25) is 14.6 Å². The average Bonchev–Trinajstić information content (AvgIpc) is 2.73. The number of hydrogen-bond acceptors (Lipinski definition) is 7. The zero-order valence-electron chi connectivity index (χ0n) is 14.9. The van der Waals surface area contributed by atoms with E-state index in [0.717, 1.165) is 5.56 Å². The van der Waals surface area contributed by atoms with Crippen LogP contribution in [0, 0.1) is 0 Å². The van der Waals surface area contributed by atoms with Gasteiger partial charge < -0.3 is 20.2 Å². The van der Waals surface area contributed by atoms with Crippen molar-refractivity contribution in [1.82, 2.24) is 25.2 Å². The van der Waals surface area contributed by atoms with Crippen LogP contribution < -0.4 is 10.2 Å². The summed E-state index contributed by atoms with van der Waals surface area (Å²) in [5.74, 6) is 0.0353. The molecule has 2 aromatic rings. The summed E-state index contributed by atoms with van der Waals surface area (Å²) in [6.45, 7) is 1.71. The minimum absolute atomic E-state index is 0.130. The van der Waals surface area contributed by atoms with E-state index in [2.05, 4.69) is 20.3 Å². The second-order valence-corrected chi connectivity index (χ2v) is 6.20. The summed E-state index contributed by atoms with van der Waals surface area (Å²) in [6, 6.07) is 4.28. The number of pyridine rings is 1. The quantitative estimate of drug-likeness (QED) is 0.687. The van der Waals surface area contributed by atoms with E-state index in [9.17, 15) is 14.7 Å². The Kier molecular flexibility index (Phi) is 6.26. The Labute approximate surface area is 157 Å². The van der Waals surface area contributed by atoms with Crippen LogP contribution in [0.1, 0.15) is 5.56 Å². The minimum Gasteiger partial charge on any atom is -0.394 e. The third-order valence-corrected chi connectivity index (χ3v) is 4.36. The Morgan fingerprint density at radius 2 is 1.74 bits per heavy atom. The van der Waals surface area contributed by atoms with Gasteiger partial charge in [-0.1, -0.05) is 0 Å². The molecule has 0 bridgehead atoms. The van der Waals surface area contributed by atoms with Gasteiger partial charge in [0.15, 0.2) is 0 Å². The van der Waals surface area contributed by atoms with Crippen LogP contribution in [0.15, 0.2) is 43.0 Å². The zero-order chi connectivity index (χ0) is 19.1. The van der Waals surface area contributed by atoms with E-state index in [4.69, 9.17) is 0 Å². The predicted octanol–water partition coefficient (Wildman–Crippen LogP) is -0.760. The summed E-state index contributed by atoms with van der Waals surface area (Å²) >= 11 is 0. The van der Waals surface area contributed by atoms with E-state index in [1.54, 1.807) is 47.9 Å². The zero-order valence-corrected chi connectivity index (χ0v) is 14.9. The number of amides is 2. The van der Waals surface area contributed by atoms with Gasteiger partial charge in [-0.05, 0) is 23.8 Å². The van der Waals surface area contributed by atoms with Crippen molar-refractivity contribution < 1.29 is 14.7 Å². The number of aliphatic hydroxyl groups is 1.